The molecule has 1 aromatic heterocycles. The fourth-order valence-corrected chi connectivity index (χ4v) is 4.25. The van der Waals surface area contributed by atoms with Crippen LogP contribution in [-0.2, 0) is 6.42 Å². The van der Waals surface area contributed by atoms with Crippen molar-refractivity contribution in [2.75, 3.05) is 5.73 Å². The predicted octanol–water partition coefficient (Wildman–Crippen LogP) is 4.82. The number of anilines is 1. The molecule has 2 aromatic rings. The number of aromatic nitrogens is 2. The molecular weight excluding hydrogens is 393 g/mol. The van der Waals surface area contributed by atoms with E-state index in [2.05, 4.69) is 30.1 Å². The molecule has 0 spiro atoms. The van der Waals surface area contributed by atoms with Gasteiger partial charge in [0.25, 0.3) is 0 Å². The number of allylic oxidation sites excluding steroid dienone is 1. The van der Waals surface area contributed by atoms with E-state index in [4.69, 9.17) is 15.5 Å². The molecular formula is C24H26FN5O. The first kappa shape index (κ1) is 21.0. The number of halogens is 1. The summed E-state index contributed by atoms with van der Waals surface area (Å²) in [5.74, 6) is 0.533. The zero-order valence-electron chi connectivity index (χ0n) is 18.0. The quantitative estimate of drug-likeness (QED) is 0.715. The van der Waals surface area contributed by atoms with Crippen molar-refractivity contribution in [2.24, 2.45) is 10.9 Å². The topological polar surface area (TPSA) is 97.2 Å². The Labute approximate surface area is 181 Å². The number of ether oxygens (including phenoxy) is 1. The maximum Gasteiger partial charge on any atom is 0.188 e. The van der Waals surface area contributed by atoms with Gasteiger partial charge in [-0.05, 0) is 55.4 Å². The highest BCUT2D eigenvalue weighted by Gasteiger charge is 2.29. The molecule has 2 aliphatic rings. The Hall–Kier alpha value is -3.27. The van der Waals surface area contributed by atoms with Gasteiger partial charge in [0.2, 0.25) is 0 Å². The number of benzene rings is 1. The van der Waals surface area contributed by atoms with Crippen LogP contribution in [0.15, 0.2) is 34.8 Å². The van der Waals surface area contributed by atoms with Crippen LogP contribution in [0.1, 0.15) is 63.0 Å². The average molecular weight is 420 g/mol. The summed E-state index contributed by atoms with van der Waals surface area (Å²) in [6.45, 7) is 6.10. The van der Waals surface area contributed by atoms with E-state index in [1.807, 2.05) is 13.0 Å². The number of fused-ring (bicyclic) bond motifs is 5. The summed E-state index contributed by atoms with van der Waals surface area (Å²) in [5, 5.41) is 18.2. The first-order valence-electron chi connectivity index (χ1n) is 10.7. The number of nitrogen functional groups attached to an aromatic ring is 1. The number of rotatable bonds is 1. The molecule has 31 heavy (non-hydrogen) atoms. The van der Waals surface area contributed by atoms with Crippen LogP contribution in [0.3, 0.4) is 0 Å². The smallest absolute Gasteiger partial charge is 0.188 e. The van der Waals surface area contributed by atoms with Crippen molar-refractivity contribution >= 4 is 17.1 Å². The number of hydrogen-bond donors (Lipinski definition) is 1. The first-order valence-corrected chi connectivity index (χ1v) is 10.7. The molecule has 0 fully saturated rings. The molecule has 2 aliphatic heterocycles. The molecule has 0 saturated heterocycles. The minimum Gasteiger partial charge on any atom is -0.482 e. The van der Waals surface area contributed by atoms with Crippen LogP contribution in [-0.4, -0.2) is 22.0 Å². The summed E-state index contributed by atoms with van der Waals surface area (Å²) in [7, 11) is 0. The highest BCUT2D eigenvalue weighted by molar-refractivity contribution is 6.25. The van der Waals surface area contributed by atoms with E-state index in [9.17, 15) is 9.65 Å². The summed E-state index contributed by atoms with van der Waals surface area (Å²) >= 11 is 0. The number of nitrogens with zero attached hydrogens (tertiary/aromatic N) is 4. The SMILES string of the molecule is CC1Oc2cc(nnc2N)C2=C(C#N)CC(C(C)C)N=C2CCCc2ccc(F)cc21. The van der Waals surface area contributed by atoms with Crippen molar-refractivity contribution in [2.45, 2.75) is 58.6 Å². The van der Waals surface area contributed by atoms with Crippen LogP contribution >= 0.6 is 0 Å². The molecule has 160 valence electrons. The van der Waals surface area contributed by atoms with E-state index < -0.39 is 6.10 Å². The van der Waals surface area contributed by atoms with Crippen LogP contribution in [0.5, 0.6) is 5.75 Å². The fourth-order valence-electron chi connectivity index (χ4n) is 4.25. The zero-order chi connectivity index (χ0) is 22.1. The van der Waals surface area contributed by atoms with Crippen molar-refractivity contribution in [3.63, 3.8) is 0 Å². The molecule has 4 rings (SSSR count). The van der Waals surface area contributed by atoms with E-state index in [0.29, 0.717) is 35.8 Å². The minimum atomic E-state index is -0.418. The Morgan fingerprint density at radius 3 is 2.77 bits per heavy atom. The Morgan fingerprint density at radius 2 is 2.03 bits per heavy atom. The van der Waals surface area contributed by atoms with Gasteiger partial charge in [-0.25, -0.2) is 4.39 Å². The summed E-state index contributed by atoms with van der Waals surface area (Å²) in [6, 6.07) is 8.95. The van der Waals surface area contributed by atoms with E-state index in [-0.39, 0.29) is 17.7 Å². The van der Waals surface area contributed by atoms with E-state index >= 15 is 0 Å². The number of dihydropyridines is 1. The van der Waals surface area contributed by atoms with Gasteiger partial charge in [-0.15, -0.1) is 10.2 Å². The average Bonchev–Trinajstić information content (AvgIpc) is 2.75. The molecule has 3 heterocycles. The van der Waals surface area contributed by atoms with Crippen LogP contribution in [0, 0.1) is 23.1 Å². The second kappa shape index (κ2) is 8.46. The number of nitriles is 1. The van der Waals surface area contributed by atoms with E-state index in [1.165, 1.54) is 12.1 Å². The molecule has 0 amide bonds. The summed E-state index contributed by atoms with van der Waals surface area (Å²) in [4.78, 5) is 5.00. The van der Waals surface area contributed by atoms with Gasteiger partial charge in [0, 0.05) is 29.3 Å². The highest BCUT2D eigenvalue weighted by atomic mass is 19.1. The van der Waals surface area contributed by atoms with E-state index in [1.54, 1.807) is 6.07 Å². The second-order valence-corrected chi connectivity index (χ2v) is 8.49. The van der Waals surface area contributed by atoms with Gasteiger partial charge in [-0.2, -0.15) is 5.26 Å². The van der Waals surface area contributed by atoms with Gasteiger partial charge >= 0.3 is 0 Å². The number of nitrogens with two attached hydrogens (primary N) is 1. The molecule has 2 atom stereocenters. The number of aliphatic imine (C=N–C) groups is 1. The predicted molar refractivity (Wildman–Crippen MR) is 118 cm³/mol. The Balaban J connectivity index is 1.87. The third kappa shape index (κ3) is 4.15. The lowest BCUT2D eigenvalue weighted by Crippen LogP contribution is -2.24. The van der Waals surface area contributed by atoms with Crippen LogP contribution in [0.2, 0.25) is 0 Å². The van der Waals surface area contributed by atoms with Gasteiger partial charge in [0.05, 0.1) is 17.8 Å². The normalized spacial score (nSPS) is 21.1. The van der Waals surface area contributed by atoms with Gasteiger partial charge in [-0.1, -0.05) is 19.9 Å². The second-order valence-electron chi connectivity index (χ2n) is 8.49. The van der Waals surface area contributed by atoms with Gasteiger partial charge < -0.3 is 10.5 Å². The van der Waals surface area contributed by atoms with Crippen LogP contribution in [0.25, 0.3) is 5.57 Å². The lowest BCUT2D eigenvalue weighted by molar-refractivity contribution is 0.225. The molecule has 0 radical (unpaired) electrons. The standard InChI is InChI=1S/C24H26FN5O/c1-13(2)20-9-16(12-26)23-19(28-20)6-4-5-15-7-8-17(25)10-18(15)14(3)31-22-11-21(23)29-30-24(22)27/h7-8,10-11,13-14,20H,4-6,9H2,1-3H3,(H2,27,30). The Bertz CT molecular complexity index is 1120. The fraction of sp³-hybridized carbons (Fsp3) is 0.417. The molecule has 0 aliphatic carbocycles. The van der Waals surface area contributed by atoms with Crippen molar-refractivity contribution in [3.8, 4) is 11.8 Å². The van der Waals surface area contributed by atoms with Gasteiger partial charge in [0.15, 0.2) is 11.6 Å². The van der Waals surface area contributed by atoms with Crippen molar-refractivity contribution in [1.29, 1.82) is 5.26 Å². The molecule has 6 nitrogen and oxygen atoms in total. The molecule has 0 saturated carbocycles. The highest BCUT2D eigenvalue weighted by Crippen LogP contribution is 2.36. The summed E-state index contributed by atoms with van der Waals surface area (Å²) < 4.78 is 20.1. The molecule has 2 bridgehead atoms. The molecule has 2 unspecified atom stereocenters. The van der Waals surface area contributed by atoms with Gasteiger partial charge in [-0.3, -0.25) is 4.99 Å². The van der Waals surface area contributed by atoms with E-state index in [0.717, 1.165) is 35.3 Å². The van der Waals surface area contributed by atoms with Crippen molar-refractivity contribution in [3.05, 3.63) is 52.5 Å². The summed E-state index contributed by atoms with van der Waals surface area (Å²) in [6.07, 6.45) is 2.41. The van der Waals surface area contributed by atoms with Crippen molar-refractivity contribution in [1.82, 2.24) is 10.2 Å². The zero-order valence-corrected chi connectivity index (χ0v) is 18.0. The summed E-state index contributed by atoms with van der Waals surface area (Å²) in [5.41, 5.74) is 10.7. The molecule has 1 aromatic carbocycles. The van der Waals surface area contributed by atoms with Crippen molar-refractivity contribution < 1.29 is 9.13 Å². The molecule has 2 N–H and O–H groups in total. The Morgan fingerprint density at radius 1 is 1.23 bits per heavy atom. The maximum atomic E-state index is 14.0. The first-order chi connectivity index (χ1) is 14.9. The Kier molecular flexibility index (Phi) is 5.73. The largest absolute Gasteiger partial charge is 0.482 e. The van der Waals surface area contributed by atoms with Crippen LogP contribution in [0.4, 0.5) is 10.2 Å². The molecule has 7 heteroatoms. The third-order valence-electron chi connectivity index (χ3n) is 5.98. The van der Waals surface area contributed by atoms with Gasteiger partial charge in [0.1, 0.15) is 11.9 Å². The lowest BCUT2D eigenvalue weighted by Gasteiger charge is -2.27. The third-order valence-corrected chi connectivity index (χ3v) is 5.98. The lowest BCUT2D eigenvalue weighted by atomic mass is 9.86. The monoisotopic (exact) mass is 419 g/mol. The van der Waals surface area contributed by atoms with Crippen LogP contribution < -0.4 is 10.5 Å². The minimum absolute atomic E-state index is 0.0557. The number of aryl methyl sites for hydroxylation is 1. The number of hydrogen-bond acceptors (Lipinski definition) is 6. The maximum absolute atomic E-state index is 14.0.